The van der Waals surface area contributed by atoms with E-state index in [1.807, 2.05) is 31.2 Å². The van der Waals surface area contributed by atoms with E-state index in [0.717, 1.165) is 23.8 Å². The fourth-order valence-electron chi connectivity index (χ4n) is 1.70. The number of hydrogen-bond donors (Lipinski definition) is 3. The van der Waals surface area contributed by atoms with E-state index >= 15 is 0 Å². The molecule has 0 atom stereocenters. The maximum atomic E-state index is 10.8. The lowest BCUT2D eigenvalue weighted by Gasteiger charge is -2.11. The lowest BCUT2D eigenvalue weighted by molar-refractivity contribution is -0.118. The number of aliphatic imine (C=N–C) groups is 1. The van der Waals surface area contributed by atoms with Crippen LogP contribution in [0.5, 0.6) is 5.75 Å². The van der Waals surface area contributed by atoms with E-state index in [2.05, 4.69) is 20.9 Å². The van der Waals surface area contributed by atoms with Crippen molar-refractivity contribution in [1.82, 2.24) is 16.0 Å². The normalized spacial score (nSPS) is 10.9. The first-order valence-electron chi connectivity index (χ1n) is 7.05. The van der Waals surface area contributed by atoms with Gasteiger partial charge in [-0.15, -0.1) is 0 Å². The topological polar surface area (TPSA) is 74.8 Å². The van der Waals surface area contributed by atoms with Crippen molar-refractivity contribution in [3.05, 3.63) is 29.8 Å². The zero-order valence-corrected chi connectivity index (χ0v) is 12.9. The van der Waals surface area contributed by atoms with Crippen molar-refractivity contribution in [1.29, 1.82) is 0 Å². The predicted molar refractivity (Wildman–Crippen MR) is 84.5 cm³/mol. The van der Waals surface area contributed by atoms with Crippen LogP contribution in [0, 0.1) is 0 Å². The number of nitrogens with zero attached hydrogens (tertiary/aromatic N) is 1. The molecule has 0 heterocycles. The molecule has 0 aliphatic heterocycles. The number of nitrogens with one attached hydrogen (secondary N) is 3. The molecule has 0 aromatic heterocycles. The quantitative estimate of drug-likeness (QED) is 0.396. The van der Waals surface area contributed by atoms with Gasteiger partial charge in [-0.1, -0.05) is 12.1 Å². The molecule has 1 rings (SSSR count). The summed E-state index contributed by atoms with van der Waals surface area (Å²) in [5.41, 5.74) is 1.08. The van der Waals surface area contributed by atoms with Crippen molar-refractivity contribution in [2.75, 3.05) is 26.7 Å². The van der Waals surface area contributed by atoms with Crippen molar-refractivity contribution in [2.24, 2.45) is 4.99 Å². The van der Waals surface area contributed by atoms with Crippen LogP contribution in [0.2, 0.25) is 0 Å². The van der Waals surface area contributed by atoms with Crippen molar-refractivity contribution in [3.63, 3.8) is 0 Å². The van der Waals surface area contributed by atoms with E-state index in [-0.39, 0.29) is 5.91 Å². The fourth-order valence-corrected chi connectivity index (χ4v) is 1.70. The van der Waals surface area contributed by atoms with Crippen molar-refractivity contribution in [2.45, 2.75) is 20.4 Å². The molecule has 0 bridgehead atoms. The maximum absolute atomic E-state index is 10.8. The minimum atomic E-state index is -0.0323. The summed E-state index contributed by atoms with van der Waals surface area (Å²) in [5, 5.41) is 9.06. The number of benzene rings is 1. The van der Waals surface area contributed by atoms with Crippen LogP contribution in [0.25, 0.3) is 0 Å². The lowest BCUT2D eigenvalue weighted by atomic mass is 10.2. The van der Waals surface area contributed by atoms with Gasteiger partial charge in [0.05, 0.1) is 13.7 Å². The number of hydrogen-bond acceptors (Lipinski definition) is 3. The number of amides is 1. The summed E-state index contributed by atoms with van der Waals surface area (Å²) in [7, 11) is 1.65. The number of methoxy groups -OCH3 is 1. The average molecular weight is 292 g/mol. The second-order valence-electron chi connectivity index (χ2n) is 4.46. The van der Waals surface area contributed by atoms with Crippen molar-refractivity contribution >= 4 is 11.9 Å². The van der Waals surface area contributed by atoms with E-state index in [1.54, 1.807) is 7.11 Å². The molecule has 0 spiro atoms. The number of ether oxygens (including phenoxy) is 1. The molecule has 1 aromatic carbocycles. The summed E-state index contributed by atoms with van der Waals surface area (Å²) in [6.45, 7) is 6.05. The molecule has 0 unspecified atom stereocenters. The smallest absolute Gasteiger partial charge is 0.216 e. The second kappa shape index (κ2) is 9.63. The Morgan fingerprint density at radius 2 is 2.00 bits per heavy atom. The summed E-state index contributed by atoms with van der Waals surface area (Å²) in [4.78, 5) is 15.3. The largest absolute Gasteiger partial charge is 0.497 e. The van der Waals surface area contributed by atoms with Gasteiger partial charge in [0.25, 0.3) is 0 Å². The molecule has 21 heavy (non-hydrogen) atoms. The first kappa shape index (κ1) is 16.8. The summed E-state index contributed by atoms with van der Waals surface area (Å²) in [6.07, 6.45) is 0. The molecule has 1 aromatic rings. The Kier molecular flexibility index (Phi) is 7.71. The molecule has 6 nitrogen and oxygen atoms in total. The molecule has 0 saturated heterocycles. The Morgan fingerprint density at radius 3 is 2.67 bits per heavy atom. The summed E-state index contributed by atoms with van der Waals surface area (Å²) in [6, 6.07) is 7.82. The molecule has 0 aliphatic carbocycles. The van der Waals surface area contributed by atoms with Crippen LogP contribution >= 0.6 is 0 Å². The second-order valence-corrected chi connectivity index (χ2v) is 4.46. The molecule has 116 valence electrons. The van der Waals surface area contributed by atoms with Crippen molar-refractivity contribution < 1.29 is 9.53 Å². The Labute approximate surface area is 126 Å². The third-order valence-electron chi connectivity index (χ3n) is 2.69. The Morgan fingerprint density at radius 1 is 1.24 bits per heavy atom. The van der Waals surface area contributed by atoms with Gasteiger partial charge in [-0.2, -0.15) is 0 Å². The van der Waals surface area contributed by atoms with E-state index in [0.29, 0.717) is 19.6 Å². The Bertz CT molecular complexity index is 474. The van der Waals surface area contributed by atoms with Crippen LogP contribution in [-0.4, -0.2) is 38.6 Å². The molecule has 0 fully saturated rings. The van der Waals surface area contributed by atoms with E-state index < -0.39 is 0 Å². The number of carbonyl (C=O) groups excluding carboxylic acids is 1. The highest BCUT2D eigenvalue weighted by molar-refractivity contribution is 5.79. The monoisotopic (exact) mass is 292 g/mol. The third-order valence-corrected chi connectivity index (χ3v) is 2.69. The van der Waals surface area contributed by atoms with Crippen LogP contribution in [0.4, 0.5) is 0 Å². The SMILES string of the molecule is CCNC(=NCc1cccc(OC)c1)NCCNC(C)=O. The van der Waals surface area contributed by atoms with Gasteiger partial charge in [-0.3, -0.25) is 4.79 Å². The Hall–Kier alpha value is -2.24. The minimum Gasteiger partial charge on any atom is -0.497 e. The van der Waals surface area contributed by atoms with E-state index in [4.69, 9.17) is 4.74 Å². The first-order valence-corrected chi connectivity index (χ1v) is 7.05. The number of carbonyl (C=O) groups is 1. The van der Waals surface area contributed by atoms with E-state index in [9.17, 15) is 4.79 Å². The van der Waals surface area contributed by atoms with Crippen molar-refractivity contribution in [3.8, 4) is 5.75 Å². The number of guanidine groups is 1. The summed E-state index contributed by atoms with van der Waals surface area (Å²) < 4.78 is 5.19. The molecule has 1 amide bonds. The predicted octanol–water partition coefficient (Wildman–Crippen LogP) is 0.886. The van der Waals surface area contributed by atoms with E-state index in [1.165, 1.54) is 6.92 Å². The van der Waals surface area contributed by atoms with Crippen LogP contribution < -0.4 is 20.7 Å². The molecule has 6 heteroatoms. The zero-order chi connectivity index (χ0) is 15.5. The summed E-state index contributed by atoms with van der Waals surface area (Å²) >= 11 is 0. The highest BCUT2D eigenvalue weighted by Crippen LogP contribution is 2.12. The molecule has 0 radical (unpaired) electrons. The van der Waals surface area contributed by atoms with Crippen LogP contribution in [-0.2, 0) is 11.3 Å². The number of rotatable bonds is 7. The minimum absolute atomic E-state index is 0.0323. The van der Waals surface area contributed by atoms with Gasteiger partial charge in [0, 0.05) is 26.6 Å². The zero-order valence-electron chi connectivity index (χ0n) is 12.9. The lowest BCUT2D eigenvalue weighted by Crippen LogP contribution is -2.41. The Balaban J connectivity index is 2.51. The van der Waals surface area contributed by atoms with Crippen LogP contribution in [0.1, 0.15) is 19.4 Å². The van der Waals surface area contributed by atoms with Gasteiger partial charge in [0.15, 0.2) is 5.96 Å². The van der Waals surface area contributed by atoms with Gasteiger partial charge in [-0.25, -0.2) is 4.99 Å². The molecular formula is C15H24N4O2. The molecular weight excluding hydrogens is 268 g/mol. The summed E-state index contributed by atoms with van der Waals surface area (Å²) in [5.74, 6) is 1.52. The van der Waals surface area contributed by atoms with Gasteiger partial charge in [-0.05, 0) is 24.6 Å². The van der Waals surface area contributed by atoms with Gasteiger partial charge < -0.3 is 20.7 Å². The standard InChI is InChI=1S/C15H24N4O2/c1-4-16-15(18-9-8-17-12(2)20)19-11-13-6-5-7-14(10-13)21-3/h5-7,10H,4,8-9,11H2,1-3H3,(H,17,20)(H2,16,18,19). The highest BCUT2D eigenvalue weighted by atomic mass is 16.5. The van der Waals surface area contributed by atoms with Gasteiger partial charge in [0.2, 0.25) is 5.91 Å². The average Bonchev–Trinajstić information content (AvgIpc) is 2.49. The fraction of sp³-hybridized carbons (Fsp3) is 0.467. The van der Waals surface area contributed by atoms with Gasteiger partial charge >= 0.3 is 0 Å². The third kappa shape index (κ3) is 7.20. The van der Waals surface area contributed by atoms with Crippen LogP contribution in [0.15, 0.2) is 29.3 Å². The highest BCUT2D eigenvalue weighted by Gasteiger charge is 1.99. The van der Waals surface area contributed by atoms with Crippen LogP contribution in [0.3, 0.4) is 0 Å². The molecule has 0 aliphatic rings. The molecule has 3 N–H and O–H groups in total. The maximum Gasteiger partial charge on any atom is 0.216 e. The first-order chi connectivity index (χ1) is 10.2. The van der Waals surface area contributed by atoms with Gasteiger partial charge in [0.1, 0.15) is 5.75 Å². The molecule has 0 saturated carbocycles.